The van der Waals surface area contributed by atoms with Crippen molar-refractivity contribution < 1.29 is 17.6 Å². The van der Waals surface area contributed by atoms with Crippen LogP contribution >= 0.6 is 0 Å². The number of anilines is 1. The Morgan fingerprint density at radius 3 is 2.00 bits per heavy atom. The first kappa shape index (κ1) is 12.2. The van der Waals surface area contributed by atoms with E-state index in [9.17, 15) is 17.6 Å². The molecule has 1 nitrogen and oxygen atoms in total. The minimum Gasteiger partial charge on any atom is -0.398 e. The van der Waals surface area contributed by atoms with Gasteiger partial charge in [-0.05, 0) is 11.6 Å². The first-order chi connectivity index (χ1) is 8.02. The molecule has 0 saturated heterocycles. The molecule has 0 radical (unpaired) electrons. The van der Waals surface area contributed by atoms with E-state index in [-0.39, 0.29) is 11.3 Å². The van der Waals surface area contributed by atoms with E-state index in [1.165, 1.54) is 12.1 Å². The first-order valence-electron chi connectivity index (χ1n) is 5.43. The molecule has 0 spiro atoms. The number of benzene rings is 1. The van der Waals surface area contributed by atoms with Gasteiger partial charge < -0.3 is 5.73 Å². The Labute approximate surface area is 96.6 Å². The average molecular weight is 247 g/mol. The highest BCUT2D eigenvalue weighted by molar-refractivity contribution is 5.49. The van der Waals surface area contributed by atoms with Crippen LogP contribution in [0, 0.1) is 0 Å². The van der Waals surface area contributed by atoms with E-state index in [1.54, 1.807) is 12.1 Å². The largest absolute Gasteiger partial charge is 0.398 e. The normalized spacial score (nSPS) is 38.0. The number of nitrogens with two attached hydrogens (primary N) is 1. The van der Waals surface area contributed by atoms with Crippen molar-refractivity contribution in [2.75, 3.05) is 5.73 Å². The number of nitrogen functional groups attached to an aromatic ring is 1. The molecule has 0 aliphatic heterocycles. The molecular weight excluding hydrogens is 234 g/mol. The summed E-state index contributed by atoms with van der Waals surface area (Å²) in [4.78, 5) is 0. The summed E-state index contributed by atoms with van der Waals surface area (Å²) in [6.07, 6.45) is -8.81. The van der Waals surface area contributed by atoms with Gasteiger partial charge >= 0.3 is 0 Å². The van der Waals surface area contributed by atoms with Gasteiger partial charge in [-0.2, -0.15) is 0 Å². The van der Waals surface area contributed by atoms with Crippen LogP contribution in [0.2, 0.25) is 0 Å². The van der Waals surface area contributed by atoms with Gasteiger partial charge in [0.05, 0.1) is 5.92 Å². The molecule has 0 aromatic heterocycles. The van der Waals surface area contributed by atoms with Crippen molar-refractivity contribution in [2.45, 2.75) is 37.0 Å². The molecule has 1 saturated carbocycles. The Bertz CT molecular complexity index is 384. The Morgan fingerprint density at radius 1 is 0.941 bits per heavy atom. The number of halogens is 4. The molecule has 1 aliphatic rings. The monoisotopic (exact) mass is 247 g/mol. The van der Waals surface area contributed by atoms with Crippen LogP contribution in [0.15, 0.2) is 24.3 Å². The van der Waals surface area contributed by atoms with E-state index in [0.717, 1.165) is 0 Å². The van der Waals surface area contributed by atoms with Crippen LogP contribution in [-0.2, 0) is 0 Å². The number of hydrogen-bond acceptors (Lipinski definition) is 1. The van der Waals surface area contributed by atoms with Gasteiger partial charge in [0, 0.05) is 12.1 Å². The summed E-state index contributed by atoms with van der Waals surface area (Å²) in [6, 6.07) is 6.01. The Morgan fingerprint density at radius 2 is 1.47 bits per heavy atom. The van der Waals surface area contributed by atoms with E-state index in [1.807, 2.05) is 0 Å². The van der Waals surface area contributed by atoms with Crippen molar-refractivity contribution in [3.05, 3.63) is 29.8 Å². The molecule has 5 heteroatoms. The first-order valence-corrected chi connectivity index (χ1v) is 5.43. The van der Waals surface area contributed by atoms with Crippen molar-refractivity contribution in [3.8, 4) is 0 Å². The van der Waals surface area contributed by atoms with E-state index in [2.05, 4.69) is 0 Å². The average Bonchev–Trinajstić information content (AvgIpc) is 2.29. The fourth-order valence-corrected chi connectivity index (χ4v) is 2.26. The summed E-state index contributed by atoms with van der Waals surface area (Å²) >= 11 is 0. The zero-order valence-electron chi connectivity index (χ0n) is 8.99. The van der Waals surface area contributed by atoms with Crippen LogP contribution in [0.4, 0.5) is 23.2 Å². The summed E-state index contributed by atoms with van der Waals surface area (Å²) in [5.41, 5.74) is 5.88. The second-order valence-electron chi connectivity index (χ2n) is 4.31. The Hall–Kier alpha value is -1.26. The van der Waals surface area contributed by atoms with Gasteiger partial charge in [-0.1, -0.05) is 18.2 Å². The number of alkyl halides is 4. The molecule has 0 bridgehead atoms. The molecule has 5 atom stereocenters. The van der Waals surface area contributed by atoms with Crippen molar-refractivity contribution in [3.63, 3.8) is 0 Å². The second-order valence-corrected chi connectivity index (χ2v) is 4.31. The Kier molecular flexibility index (Phi) is 3.26. The minimum atomic E-state index is -2.05. The molecule has 1 unspecified atom stereocenters. The molecule has 1 aromatic rings. The minimum absolute atomic E-state index is 0.137. The molecule has 1 fully saturated rings. The van der Waals surface area contributed by atoms with Crippen LogP contribution in [-0.4, -0.2) is 24.7 Å². The maximum absolute atomic E-state index is 13.7. The van der Waals surface area contributed by atoms with Crippen LogP contribution in [0.3, 0.4) is 0 Å². The second kappa shape index (κ2) is 4.55. The van der Waals surface area contributed by atoms with Gasteiger partial charge in [-0.15, -0.1) is 0 Å². The fraction of sp³-hybridized carbons (Fsp3) is 0.500. The highest BCUT2D eigenvalue weighted by atomic mass is 19.2. The molecule has 2 rings (SSSR count). The lowest BCUT2D eigenvalue weighted by molar-refractivity contribution is -0.00549. The highest BCUT2D eigenvalue weighted by Gasteiger charge is 2.47. The standard InChI is InChI=1S/C12H13F4N/c13-7-5-8(14)12(16)10(11(7)15)6-3-1-2-4-9(6)17/h1-4,7-8,10-12H,5,17H2/t7-,8+,10?,11-,12+. The third-order valence-electron chi connectivity index (χ3n) is 3.18. The lowest BCUT2D eigenvalue weighted by Gasteiger charge is -2.34. The molecule has 0 heterocycles. The van der Waals surface area contributed by atoms with E-state index < -0.39 is 37.0 Å². The summed E-state index contributed by atoms with van der Waals surface area (Å²) in [5.74, 6) is -1.46. The smallest absolute Gasteiger partial charge is 0.141 e. The predicted octanol–water partition coefficient (Wildman–Crippen LogP) is 3.11. The lowest BCUT2D eigenvalue weighted by Crippen LogP contribution is -2.44. The predicted molar refractivity (Wildman–Crippen MR) is 57.8 cm³/mol. The van der Waals surface area contributed by atoms with Crippen molar-refractivity contribution in [1.29, 1.82) is 0 Å². The van der Waals surface area contributed by atoms with E-state index in [0.29, 0.717) is 0 Å². The third kappa shape index (κ3) is 2.10. The topological polar surface area (TPSA) is 26.0 Å². The van der Waals surface area contributed by atoms with Crippen LogP contribution in [0.1, 0.15) is 17.9 Å². The van der Waals surface area contributed by atoms with Gasteiger partial charge in [0.25, 0.3) is 0 Å². The summed E-state index contributed by atoms with van der Waals surface area (Å²) < 4.78 is 53.9. The fourth-order valence-electron chi connectivity index (χ4n) is 2.26. The zero-order chi connectivity index (χ0) is 12.6. The van der Waals surface area contributed by atoms with Gasteiger partial charge in [-0.25, -0.2) is 17.6 Å². The van der Waals surface area contributed by atoms with Crippen molar-refractivity contribution in [1.82, 2.24) is 0 Å². The van der Waals surface area contributed by atoms with Crippen molar-refractivity contribution >= 4 is 5.69 Å². The van der Waals surface area contributed by atoms with Gasteiger partial charge in [0.15, 0.2) is 0 Å². The van der Waals surface area contributed by atoms with Gasteiger partial charge in [0.1, 0.15) is 24.7 Å². The van der Waals surface area contributed by atoms with Crippen LogP contribution < -0.4 is 5.73 Å². The summed E-state index contributed by atoms with van der Waals surface area (Å²) in [7, 11) is 0. The maximum Gasteiger partial charge on any atom is 0.141 e. The molecular formula is C12H13F4N. The molecule has 1 aromatic carbocycles. The zero-order valence-corrected chi connectivity index (χ0v) is 8.99. The number of hydrogen-bond donors (Lipinski definition) is 1. The van der Waals surface area contributed by atoms with Crippen LogP contribution in [0.25, 0.3) is 0 Å². The summed E-state index contributed by atoms with van der Waals surface area (Å²) in [6.45, 7) is 0. The van der Waals surface area contributed by atoms with Gasteiger partial charge in [-0.3, -0.25) is 0 Å². The molecule has 0 amide bonds. The van der Waals surface area contributed by atoms with Gasteiger partial charge in [0.2, 0.25) is 0 Å². The SMILES string of the molecule is Nc1ccccc1C1[C@@H](F)[C@@H](F)C[C@@H](F)[C@H]1F. The van der Waals surface area contributed by atoms with E-state index in [4.69, 9.17) is 5.73 Å². The molecule has 17 heavy (non-hydrogen) atoms. The highest BCUT2D eigenvalue weighted by Crippen LogP contribution is 2.41. The number of rotatable bonds is 1. The Balaban J connectivity index is 2.38. The molecule has 1 aliphatic carbocycles. The quantitative estimate of drug-likeness (QED) is 0.599. The lowest BCUT2D eigenvalue weighted by atomic mass is 9.78. The molecule has 2 N–H and O–H groups in total. The van der Waals surface area contributed by atoms with Crippen molar-refractivity contribution in [2.24, 2.45) is 0 Å². The maximum atomic E-state index is 13.7. The third-order valence-corrected chi connectivity index (χ3v) is 3.18. The summed E-state index contributed by atoms with van der Waals surface area (Å²) in [5, 5.41) is 0. The number of para-hydroxylation sites is 1. The van der Waals surface area contributed by atoms with E-state index >= 15 is 0 Å². The molecule has 94 valence electrons. The van der Waals surface area contributed by atoms with Crippen LogP contribution in [0.5, 0.6) is 0 Å².